The largest absolute Gasteiger partial charge is 0.391 e. The lowest BCUT2D eigenvalue weighted by molar-refractivity contribution is 0.0943. The summed E-state index contributed by atoms with van der Waals surface area (Å²) in [6.07, 6.45) is 5.08. The second-order valence-corrected chi connectivity index (χ2v) is 6.50. The smallest absolute Gasteiger partial charge is 0.315 e. The van der Waals surface area contributed by atoms with Crippen molar-refractivity contribution >= 4 is 17.8 Å². The fourth-order valence-electron chi connectivity index (χ4n) is 2.73. The molecule has 3 N–H and O–H groups in total. The van der Waals surface area contributed by atoms with Crippen molar-refractivity contribution in [1.82, 2.24) is 10.6 Å². The fraction of sp³-hybridized carbons (Fsp3) is 0.562. The Balaban J connectivity index is 1.88. The SMILES string of the molecule is CSCc1cc(F)ccc1CNC(=O)N[C@H]1CCCC[C@@H]1O. The Bertz CT molecular complexity index is 513. The number of hydrogen-bond donors (Lipinski definition) is 3. The molecule has 0 radical (unpaired) electrons. The molecule has 0 heterocycles. The van der Waals surface area contributed by atoms with E-state index in [-0.39, 0.29) is 17.9 Å². The molecule has 0 bridgehead atoms. The van der Waals surface area contributed by atoms with Crippen molar-refractivity contribution in [3.05, 3.63) is 35.1 Å². The van der Waals surface area contributed by atoms with Crippen LogP contribution in [-0.4, -0.2) is 29.5 Å². The number of carbonyl (C=O) groups excluding carboxylic acids is 1. The van der Waals surface area contributed by atoms with E-state index in [0.717, 1.165) is 36.8 Å². The van der Waals surface area contributed by atoms with Gasteiger partial charge in [0.2, 0.25) is 0 Å². The molecule has 0 spiro atoms. The van der Waals surface area contributed by atoms with E-state index in [0.29, 0.717) is 12.3 Å². The van der Waals surface area contributed by atoms with Gasteiger partial charge in [-0.25, -0.2) is 9.18 Å². The first-order valence-electron chi connectivity index (χ1n) is 7.59. The van der Waals surface area contributed by atoms with Crippen LogP contribution in [0.1, 0.15) is 36.8 Å². The average molecular weight is 326 g/mol. The van der Waals surface area contributed by atoms with Gasteiger partial charge < -0.3 is 15.7 Å². The molecule has 1 aliphatic rings. The van der Waals surface area contributed by atoms with E-state index in [1.54, 1.807) is 17.8 Å². The molecule has 1 aromatic carbocycles. The Hall–Kier alpha value is -1.27. The van der Waals surface area contributed by atoms with Crippen LogP contribution in [0.15, 0.2) is 18.2 Å². The predicted octanol–water partition coefficient (Wildman–Crippen LogP) is 2.79. The van der Waals surface area contributed by atoms with Gasteiger partial charge in [-0.05, 0) is 42.4 Å². The van der Waals surface area contributed by atoms with Crippen molar-refractivity contribution in [2.24, 2.45) is 0 Å². The first-order chi connectivity index (χ1) is 10.6. The maximum absolute atomic E-state index is 13.3. The summed E-state index contributed by atoms with van der Waals surface area (Å²) in [7, 11) is 0. The van der Waals surface area contributed by atoms with E-state index in [1.807, 2.05) is 6.26 Å². The van der Waals surface area contributed by atoms with Crippen LogP contribution in [-0.2, 0) is 12.3 Å². The highest BCUT2D eigenvalue weighted by Gasteiger charge is 2.24. The van der Waals surface area contributed by atoms with Gasteiger partial charge in [-0.15, -0.1) is 0 Å². The monoisotopic (exact) mass is 326 g/mol. The van der Waals surface area contributed by atoms with Gasteiger partial charge in [0, 0.05) is 12.3 Å². The maximum Gasteiger partial charge on any atom is 0.315 e. The molecule has 0 aromatic heterocycles. The van der Waals surface area contributed by atoms with Crippen LogP contribution in [0.2, 0.25) is 0 Å². The molecule has 1 fully saturated rings. The summed E-state index contributed by atoms with van der Waals surface area (Å²) in [5.74, 6) is 0.445. The van der Waals surface area contributed by atoms with Gasteiger partial charge >= 0.3 is 6.03 Å². The van der Waals surface area contributed by atoms with Gasteiger partial charge in [-0.3, -0.25) is 0 Å². The number of aliphatic hydroxyl groups excluding tert-OH is 1. The Kier molecular flexibility index (Phi) is 6.51. The molecule has 122 valence electrons. The van der Waals surface area contributed by atoms with Crippen LogP contribution in [0, 0.1) is 5.82 Å². The number of aliphatic hydroxyl groups is 1. The molecule has 4 nitrogen and oxygen atoms in total. The molecule has 2 atom stereocenters. The Morgan fingerprint density at radius 3 is 2.86 bits per heavy atom. The van der Waals surface area contributed by atoms with Crippen molar-refractivity contribution in [3.8, 4) is 0 Å². The molecule has 2 amide bonds. The summed E-state index contributed by atoms with van der Waals surface area (Å²) in [6, 6.07) is 4.16. The highest BCUT2D eigenvalue weighted by Crippen LogP contribution is 2.19. The van der Waals surface area contributed by atoms with E-state index >= 15 is 0 Å². The molecule has 6 heteroatoms. The molecule has 1 aromatic rings. The molecule has 0 unspecified atom stereocenters. The number of benzene rings is 1. The lowest BCUT2D eigenvalue weighted by Crippen LogP contribution is -2.48. The Morgan fingerprint density at radius 2 is 2.14 bits per heavy atom. The lowest BCUT2D eigenvalue weighted by atomic mass is 9.93. The van der Waals surface area contributed by atoms with E-state index in [1.165, 1.54) is 12.1 Å². The van der Waals surface area contributed by atoms with Crippen LogP contribution < -0.4 is 10.6 Å². The minimum atomic E-state index is -0.461. The predicted molar refractivity (Wildman–Crippen MR) is 87.3 cm³/mol. The number of hydrogen-bond acceptors (Lipinski definition) is 3. The molecule has 1 saturated carbocycles. The van der Waals surface area contributed by atoms with Gasteiger partial charge in [0.1, 0.15) is 5.82 Å². The average Bonchev–Trinajstić information content (AvgIpc) is 2.49. The van der Waals surface area contributed by atoms with E-state index in [4.69, 9.17) is 0 Å². The number of nitrogens with one attached hydrogen (secondary N) is 2. The molecular formula is C16H23FN2O2S. The molecular weight excluding hydrogens is 303 g/mol. The first-order valence-corrected chi connectivity index (χ1v) is 8.98. The van der Waals surface area contributed by atoms with Gasteiger partial charge in [-0.1, -0.05) is 18.9 Å². The molecule has 0 saturated heterocycles. The number of urea groups is 1. The molecule has 1 aliphatic carbocycles. The van der Waals surface area contributed by atoms with Gasteiger partial charge in [0.05, 0.1) is 12.1 Å². The summed E-state index contributed by atoms with van der Waals surface area (Å²) in [4.78, 5) is 12.0. The Morgan fingerprint density at radius 1 is 1.36 bits per heavy atom. The zero-order chi connectivity index (χ0) is 15.9. The summed E-state index contributed by atoms with van der Waals surface area (Å²) in [6.45, 7) is 0.352. The zero-order valence-electron chi connectivity index (χ0n) is 12.8. The highest BCUT2D eigenvalue weighted by atomic mass is 32.2. The van der Waals surface area contributed by atoms with Crippen molar-refractivity contribution in [3.63, 3.8) is 0 Å². The first kappa shape index (κ1) is 17.1. The van der Waals surface area contributed by atoms with Crippen LogP contribution in [0.4, 0.5) is 9.18 Å². The zero-order valence-corrected chi connectivity index (χ0v) is 13.6. The quantitative estimate of drug-likeness (QED) is 0.780. The third kappa shape index (κ3) is 4.88. The fourth-order valence-corrected chi connectivity index (χ4v) is 3.31. The molecule has 2 rings (SSSR count). The number of rotatable bonds is 5. The van der Waals surface area contributed by atoms with E-state index < -0.39 is 6.10 Å². The summed E-state index contributed by atoms with van der Waals surface area (Å²) >= 11 is 1.61. The standard InChI is InChI=1S/C16H23FN2O2S/c1-22-10-12-8-13(17)7-6-11(12)9-18-16(21)19-14-4-2-3-5-15(14)20/h6-8,14-15,20H,2-5,9-10H2,1H3,(H2,18,19,21)/t14-,15-/m0/s1. The van der Waals surface area contributed by atoms with Crippen molar-refractivity contribution in [1.29, 1.82) is 0 Å². The summed E-state index contributed by atoms with van der Waals surface area (Å²) < 4.78 is 13.3. The van der Waals surface area contributed by atoms with Crippen LogP contribution in [0.5, 0.6) is 0 Å². The summed E-state index contributed by atoms with van der Waals surface area (Å²) in [5.41, 5.74) is 1.81. The highest BCUT2D eigenvalue weighted by molar-refractivity contribution is 7.97. The number of carbonyl (C=O) groups is 1. The Labute approximate surface area is 134 Å². The van der Waals surface area contributed by atoms with Crippen LogP contribution in [0.3, 0.4) is 0 Å². The molecule has 22 heavy (non-hydrogen) atoms. The van der Waals surface area contributed by atoms with E-state index in [9.17, 15) is 14.3 Å². The number of thioether (sulfide) groups is 1. The van der Waals surface area contributed by atoms with Crippen LogP contribution >= 0.6 is 11.8 Å². The molecule has 0 aliphatic heterocycles. The minimum Gasteiger partial charge on any atom is -0.391 e. The van der Waals surface area contributed by atoms with Crippen molar-refractivity contribution < 1.29 is 14.3 Å². The second kappa shape index (κ2) is 8.39. The van der Waals surface area contributed by atoms with Crippen molar-refractivity contribution in [2.45, 2.75) is 50.1 Å². The number of halogens is 1. The maximum atomic E-state index is 13.3. The van der Waals surface area contributed by atoms with Crippen molar-refractivity contribution in [2.75, 3.05) is 6.26 Å². The normalized spacial score (nSPS) is 21.4. The topological polar surface area (TPSA) is 61.4 Å². The van der Waals surface area contributed by atoms with Gasteiger partial charge in [-0.2, -0.15) is 11.8 Å². The van der Waals surface area contributed by atoms with E-state index in [2.05, 4.69) is 10.6 Å². The van der Waals surface area contributed by atoms with Crippen LogP contribution in [0.25, 0.3) is 0 Å². The second-order valence-electron chi connectivity index (χ2n) is 5.63. The lowest BCUT2D eigenvalue weighted by Gasteiger charge is -2.28. The minimum absolute atomic E-state index is 0.173. The third-order valence-electron chi connectivity index (χ3n) is 3.95. The van der Waals surface area contributed by atoms with Gasteiger partial charge in [0.15, 0.2) is 0 Å². The number of amides is 2. The summed E-state index contributed by atoms with van der Waals surface area (Å²) in [5, 5.41) is 15.5. The van der Waals surface area contributed by atoms with Gasteiger partial charge in [0.25, 0.3) is 0 Å². The third-order valence-corrected chi connectivity index (χ3v) is 4.55.